The van der Waals surface area contributed by atoms with Gasteiger partial charge in [-0.05, 0) is 24.6 Å². The minimum Gasteiger partial charge on any atom is -0.361 e. The Morgan fingerprint density at radius 3 is 2.90 bits per heavy atom. The van der Waals surface area contributed by atoms with E-state index in [4.69, 9.17) is 6.92 Å². The summed E-state index contributed by atoms with van der Waals surface area (Å²) < 4.78 is 0. The van der Waals surface area contributed by atoms with E-state index in [1.807, 2.05) is 30.5 Å². The van der Waals surface area contributed by atoms with Crippen LogP contribution in [0.25, 0.3) is 10.9 Å². The Balaban J connectivity index is 2.95. The Hall–Kier alpha value is -1.24. The Kier molecular flexibility index (Phi) is 1.04. The molecule has 10 heavy (non-hydrogen) atoms. The highest BCUT2D eigenvalue weighted by Gasteiger charge is 1.93. The third kappa shape index (κ3) is 0.637. The maximum atomic E-state index is 5.68. The average molecular weight is 129 g/mol. The number of H-pyrrole nitrogens is 1. The van der Waals surface area contributed by atoms with Gasteiger partial charge >= 0.3 is 0 Å². The summed E-state index contributed by atoms with van der Waals surface area (Å²) >= 11 is 0. The smallest absolute Gasteiger partial charge is 0.0456 e. The van der Waals surface area contributed by atoms with Crippen molar-refractivity contribution in [1.82, 2.24) is 4.98 Å². The highest BCUT2D eigenvalue weighted by molar-refractivity contribution is 5.83. The standard InChI is InChI=1S/C9H7N/c1-7-3-2-4-9-8(7)5-6-10-9/h1-6,10H. The lowest BCUT2D eigenvalue weighted by molar-refractivity contribution is 1.48. The lowest BCUT2D eigenvalue weighted by Gasteiger charge is -1.91. The molecule has 0 aliphatic heterocycles. The molecule has 0 aliphatic carbocycles. The largest absolute Gasteiger partial charge is 0.361 e. The number of fused-ring (bicyclic) bond motifs is 1. The zero-order valence-corrected chi connectivity index (χ0v) is 5.46. The fourth-order valence-corrected chi connectivity index (χ4v) is 1.11. The zero-order valence-electron chi connectivity index (χ0n) is 5.46. The minimum absolute atomic E-state index is 0.832. The first-order chi connectivity index (χ1) is 4.88. The van der Waals surface area contributed by atoms with E-state index in [-0.39, 0.29) is 0 Å². The van der Waals surface area contributed by atoms with Gasteiger partial charge in [-0.15, -0.1) is 0 Å². The van der Waals surface area contributed by atoms with Gasteiger partial charge in [0.05, 0.1) is 0 Å². The Morgan fingerprint density at radius 2 is 2.10 bits per heavy atom. The maximum Gasteiger partial charge on any atom is 0.0456 e. The van der Waals surface area contributed by atoms with Crippen LogP contribution in [0.2, 0.25) is 0 Å². The molecule has 0 saturated carbocycles. The third-order valence-corrected chi connectivity index (χ3v) is 1.63. The van der Waals surface area contributed by atoms with Crippen LogP contribution in [-0.4, -0.2) is 4.98 Å². The Bertz CT molecular complexity index is 346. The number of rotatable bonds is 0. The van der Waals surface area contributed by atoms with E-state index in [1.165, 1.54) is 0 Å². The van der Waals surface area contributed by atoms with E-state index in [0.717, 1.165) is 16.5 Å². The molecule has 1 aromatic carbocycles. The summed E-state index contributed by atoms with van der Waals surface area (Å²) in [6.45, 7) is 5.68. The van der Waals surface area contributed by atoms with Crippen molar-refractivity contribution >= 4 is 10.9 Å². The van der Waals surface area contributed by atoms with Crippen LogP contribution < -0.4 is 0 Å². The van der Waals surface area contributed by atoms with Crippen molar-refractivity contribution in [2.45, 2.75) is 0 Å². The molecule has 1 heterocycles. The summed E-state index contributed by atoms with van der Waals surface area (Å²) in [4.78, 5) is 3.08. The van der Waals surface area contributed by atoms with Crippen molar-refractivity contribution in [3.8, 4) is 0 Å². The molecule has 1 nitrogen and oxygen atoms in total. The van der Waals surface area contributed by atoms with Crippen LogP contribution in [-0.2, 0) is 0 Å². The Labute approximate surface area is 59.7 Å². The monoisotopic (exact) mass is 129 g/mol. The van der Waals surface area contributed by atoms with Gasteiger partial charge in [0.25, 0.3) is 0 Å². The van der Waals surface area contributed by atoms with E-state index in [1.54, 1.807) is 0 Å². The molecule has 0 amide bonds. The lowest BCUT2D eigenvalue weighted by atomic mass is 10.1. The molecule has 2 radical (unpaired) electrons. The third-order valence-electron chi connectivity index (χ3n) is 1.63. The van der Waals surface area contributed by atoms with E-state index < -0.39 is 0 Å². The number of aromatic nitrogens is 1. The summed E-state index contributed by atoms with van der Waals surface area (Å²) in [5.41, 5.74) is 1.93. The van der Waals surface area contributed by atoms with Gasteiger partial charge in [-0.25, -0.2) is 0 Å². The van der Waals surface area contributed by atoms with Crippen molar-refractivity contribution < 1.29 is 0 Å². The van der Waals surface area contributed by atoms with Crippen molar-refractivity contribution in [2.75, 3.05) is 0 Å². The van der Waals surface area contributed by atoms with Crippen LogP contribution in [0.1, 0.15) is 5.56 Å². The van der Waals surface area contributed by atoms with E-state index in [9.17, 15) is 0 Å². The maximum absolute atomic E-state index is 5.68. The second-order valence-electron chi connectivity index (χ2n) is 2.29. The molecular weight excluding hydrogens is 122 g/mol. The second-order valence-corrected chi connectivity index (χ2v) is 2.29. The SMILES string of the molecule is [CH]c1cccc2[nH]ccc12. The van der Waals surface area contributed by atoms with Crippen LogP contribution in [0.5, 0.6) is 0 Å². The predicted molar refractivity (Wildman–Crippen MR) is 41.7 cm³/mol. The fourth-order valence-electron chi connectivity index (χ4n) is 1.11. The van der Waals surface area contributed by atoms with Gasteiger partial charge in [-0.1, -0.05) is 12.1 Å². The van der Waals surface area contributed by atoms with Gasteiger partial charge in [0.15, 0.2) is 0 Å². The molecular formula is C9H7N. The van der Waals surface area contributed by atoms with Crippen LogP contribution in [0, 0.1) is 6.92 Å². The Morgan fingerprint density at radius 1 is 1.20 bits per heavy atom. The van der Waals surface area contributed by atoms with Gasteiger partial charge < -0.3 is 4.98 Å². The van der Waals surface area contributed by atoms with Gasteiger partial charge in [-0.2, -0.15) is 0 Å². The number of benzene rings is 1. The first kappa shape index (κ1) is 5.54. The molecule has 0 fully saturated rings. The molecule has 0 saturated heterocycles. The van der Waals surface area contributed by atoms with Gasteiger partial charge in [-0.3, -0.25) is 0 Å². The first-order valence-corrected chi connectivity index (χ1v) is 3.19. The molecule has 0 aliphatic rings. The summed E-state index contributed by atoms with van der Waals surface area (Å²) in [5.74, 6) is 0. The number of hydrogen-bond donors (Lipinski definition) is 1. The lowest BCUT2D eigenvalue weighted by Crippen LogP contribution is -1.71. The number of aromatic amines is 1. The number of hydrogen-bond acceptors (Lipinski definition) is 0. The second kappa shape index (κ2) is 1.87. The van der Waals surface area contributed by atoms with E-state index in [2.05, 4.69) is 4.98 Å². The molecule has 1 N–H and O–H groups in total. The molecule has 48 valence electrons. The number of nitrogens with one attached hydrogen (secondary N) is 1. The fraction of sp³-hybridized carbons (Fsp3) is 0. The van der Waals surface area contributed by atoms with Gasteiger partial charge in [0.1, 0.15) is 0 Å². The molecule has 0 atom stereocenters. The van der Waals surface area contributed by atoms with Crippen LogP contribution in [0.15, 0.2) is 30.5 Å². The average Bonchev–Trinajstić information content (AvgIpc) is 2.36. The molecule has 2 rings (SSSR count). The van der Waals surface area contributed by atoms with Gasteiger partial charge in [0.2, 0.25) is 0 Å². The van der Waals surface area contributed by atoms with Crippen LogP contribution in [0.4, 0.5) is 0 Å². The predicted octanol–water partition coefficient (Wildman–Crippen LogP) is 2.23. The summed E-state index contributed by atoms with van der Waals surface area (Å²) in [5, 5.41) is 1.10. The van der Waals surface area contributed by atoms with Crippen molar-refractivity contribution in [3.05, 3.63) is 42.9 Å². The van der Waals surface area contributed by atoms with E-state index in [0.29, 0.717) is 0 Å². The van der Waals surface area contributed by atoms with Crippen molar-refractivity contribution in [1.29, 1.82) is 0 Å². The molecule has 0 unspecified atom stereocenters. The van der Waals surface area contributed by atoms with Crippen molar-refractivity contribution in [2.24, 2.45) is 0 Å². The summed E-state index contributed by atoms with van der Waals surface area (Å²) in [7, 11) is 0. The topological polar surface area (TPSA) is 15.8 Å². The molecule has 2 aromatic rings. The normalized spacial score (nSPS) is 10.5. The minimum atomic E-state index is 0.832. The molecule has 0 bridgehead atoms. The van der Waals surface area contributed by atoms with Gasteiger partial charge in [0, 0.05) is 17.1 Å². The van der Waals surface area contributed by atoms with E-state index >= 15 is 0 Å². The molecule has 0 spiro atoms. The summed E-state index contributed by atoms with van der Waals surface area (Å²) in [6, 6.07) is 7.82. The highest BCUT2D eigenvalue weighted by atomic mass is 14.7. The van der Waals surface area contributed by atoms with Crippen LogP contribution >= 0.6 is 0 Å². The zero-order chi connectivity index (χ0) is 6.97. The summed E-state index contributed by atoms with van der Waals surface area (Å²) in [6.07, 6.45) is 1.89. The molecule has 1 heteroatoms. The van der Waals surface area contributed by atoms with Crippen molar-refractivity contribution in [3.63, 3.8) is 0 Å². The highest BCUT2D eigenvalue weighted by Crippen LogP contribution is 2.15. The molecule has 1 aromatic heterocycles. The first-order valence-electron chi connectivity index (χ1n) is 3.19. The van der Waals surface area contributed by atoms with Crippen LogP contribution in [0.3, 0.4) is 0 Å². The quantitative estimate of drug-likeness (QED) is 0.561.